The molecule has 0 atom stereocenters. The maximum absolute atomic E-state index is 8.86. The molecule has 5 nitrogen and oxygen atoms in total. The molecule has 0 saturated carbocycles. The van der Waals surface area contributed by atoms with Crippen LogP contribution in [0.3, 0.4) is 0 Å². The molecule has 100 valence electrons. The molecule has 0 fully saturated rings. The lowest BCUT2D eigenvalue weighted by Crippen LogP contribution is -2.15. The van der Waals surface area contributed by atoms with E-state index in [0.717, 1.165) is 21.6 Å². The van der Waals surface area contributed by atoms with Crippen molar-refractivity contribution in [1.29, 1.82) is 0 Å². The van der Waals surface area contributed by atoms with E-state index in [-0.39, 0.29) is 5.84 Å². The lowest BCUT2D eigenvalue weighted by molar-refractivity contribution is 0.218. The number of ether oxygens (including phenoxy) is 1. The molecule has 0 bridgehead atoms. The van der Waals surface area contributed by atoms with Gasteiger partial charge in [0.05, 0.1) is 17.7 Å². The normalized spacial score (nSPS) is 11.9. The fourth-order valence-corrected chi connectivity index (χ4v) is 2.83. The maximum Gasteiger partial charge on any atom is 0.172 e. The van der Waals surface area contributed by atoms with E-state index in [9.17, 15) is 0 Å². The van der Waals surface area contributed by atoms with Crippen molar-refractivity contribution in [2.75, 3.05) is 19.5 Å². The van der Waals surface area contributed by atoms with Gasteiger partial charge in [0.2, 0.25) is 0 Å². The Morgan fingerprint density at radius 1 is 1.47 bits per heavy atom. The van der Waals surface area contributed by atoms with Crippen LogP contribution in [0.4, 0.5) is 0 Å². The summed E-state index contributed by atoms with van der Waals surface area (Å²) in [5.74, 6) is 0.856. The average Bonchev–Trinajstić information content (AvgIpc) is 2.46. The third-order valence-electron chi connectivity index (χ3n) is 2.64. The first-order chi connectivity index (χ1) is 9.27. The Kier molecular flexibility index (Phi) is 4.59. The number of methoxy groups -OCH3 is 1. The van der Waals surface area contributed by atoms with Crippen LogP contribution in [0.25, 0.3) is 10.9 Å². The van der Waals surface area contributed by atoms with Gasteiger partial charge in [0.1, 0.15) is 0 Å². The summed E-state index contributed by atoms with van der Waals surface area (Å²) in [6.07, 6.45) is 1.63. The van der Waals surface area contributed by atoms with Crippen LogP contribution >= 0.6 is 11.8 Å². The van der Waals surface area contributed by atoms with Gasteiger partial charge in [-0.2, -0.15) is 0 Å². The Hall–Kier alpha value is -1.79. The summed E-state index contributed by atoms with van der Waals surface area (Å²) in [6.45, 7) is 0.636. The van der Waals surface area contributed by atoms with E-state index < -0.39 is 0 Å². The lowest BCUT2D eigenvalue weighted by Gasteiger charge is -2.10. The Morgan fingerprint density at radius 3 is 3.00 bits per heavy atom. The number of thioether (sulfide) groups is 1. The Labute approximate surface area is 115 Å². The molecule has 1 aromatic heterocycles. The molecule has 0 aliphatic heterocycles. The first-order valence-electron chi connectivity index (χ1n) is 5.75. The topological polar surface area (TPSA) is 80.7 Å². The van der Waals surface area contributed by atoms with Crippen molar-refractivity contribution in [1.82, 2.24) is 4.98 Å². The molecule has 0 amide bonds. The highest BCUT2D eigenvalue weighted by Crippen LogP contribution is 2.30. The van der Waals surface area contributed by atoms with Crippen LogP contribution in [0.2, 0.25) is 0 Å². The largest absolute Gasteiger partial charge is 0.409 e. The summed E-state index contributed by atoms with van der Waals surface area (Å²) >= 11 is 1.61. The highest BCUT2D eigenvalue weighted by molar-refractivity contribution is 7.99. The van der Waals surface area contributed by atoms with Crippen molar-refractivity contribution in [2.24, 2.45) is 10.9 Å². The van der Waals surface area contributed by atoms with Gasteiger partial charge in [-0.15, -0.1) is 11.8 Å². The second-order valence-corrected chi connectivity index (χ2v) is 4.95. The third kappa shape index (κ3) is 2.97. The quantitative estimate of drug-likeness (QED) is 0.218. The number of hydrogen-bond acceptors (Lipinski definition) is 5. The van der Waals surface area contributed by atoms with Crippen LogP contribution in [-0.4, -0.2) is 35.5 Å². The number of pyridine rings is 1. The van der Waals surface area contributed by atoms with Gasteiger partial charge in [0.25, 0.3) is 0 Å². The molecule has 0 unspecified atom stereocenters. The Balaban J connectivity index is 2.51. The minimum atomic E-state index is 0.0677. The number of benzene rings is 1. The summed E-state index contributed by atoms with van der Waals surface area (Å²) in [5.41, 5.74) is 7.23. The second kappa shape index (κ2) is 6.40. The van der Waals surface area contributed by atoms with E-state index in [2.05, 4.69) is 10.1 Å². The predicted octanol–water partition coefficient (Wildman–Crippen LogP) is 2.07. The van der Waals surface area contributed by atoms with Gasteiger partial charge >= 0.3 is 0 Å². The zero-order valence-corrected chi connectivity index (χ0v) is 11.4. The fourth-order valence-electron chi connectivity index (χ4n) is 1.73. The second-order valence-electron chi connectivity index (χ2n) is 3.84. The van der Waals surface area contributed by atoms with Gasteiger partial charge in [-0.3, -0.25) is 4.98 Å². The number of amidine groups is 1. The molecule has 0 saturated heterocycles. The molecule has 3 N–H and O–H groups in total. The molecule has 1 aromatic carbocycles. The highest BCUT2D eigenvalue weighted by atomic mass is 32.2. The monoisotopic (exact) mass is 277 g/mol. The van der Waals surface area contributed by atoms with Gasteiger partial charge in [0.15, 0.2) is 5.84 Å². The summed E-state index contributed by atoms with van der Waals surface area (Å²) < 4.78 is 5.05. The molecule has 0 spiro atoms. The Bertz CT molecular complexity index is 601. The minimum Gasteiger partial charge on any atom is -0.409 e. The maximum atomic E-state index is 8.86. The standard InChI is InChI=1S/C13H15N3O2S/c1-18-6-7-19-12-9-4-2-3-5-11(9)15-8-10(12)13(14)16-17/h2-5,8,17H,6-7H2,1H3,(H2,14,16). The van der Waals surface area contributed by atoms with Crippen molar-refractivity contribution in [2.45, 2.75) is 4.90 Å². The highest BCUT2D eigenvalue weighted by Gasteiger charge is 2.12. The van der Waals surface area contributed by atoms with Crippen molar-refractivity contribution in [3.05, 3.63) is 36.0 Å². The molecular formula is C13H15N3O2S. The molecule has 2 rings (SSSR count). The van der Waals surface area contributed by atoms with Crippen molar-refractivity contribution in [3.63, 3.8) is 0 Å². The lowest BCUT2D eigenvalue weighted by atomic mass is 10.1. The van der Waals surface area contributed by atoms with Gasteiger partial charge in [-0.05, 0) is 6.07 Å². The van der Waals surface area contributed by atoms with Crippen LogP contribution in [0.1, 0.15) is 5.56 Å². The molecular weight excluding hydrogens is 262 g/mol. The SMILES string of the molecule is COCCSc1c(/C(N)=N/O)cnc2ccccc12. The third-order valence-corrected chi connectivity index (χ3v) is 3.74. The number of nitrogens with zero attached hydrogens (tertiary/aromatic N) is 2. The van der Waals surface area contributed by atoms with Crippen LogP contribution < -0.4 is 5.73 Å². The Morgan fingerprint density at radius 2 is 2.26 bits per heavy atom. The summed E-state index contributed by atoms with van der Waals surface area (Å²) in [4.78, 5) is 5.28. The predicted molar refractivity (Wildman–Crippen MR) is 76.9 cm³/mol. The summed E-state index contributed by atoms with van der Waals surface area (Å²) in [5, 5.41) is 12.9. The average molecular weight is 277 g/mol. The van der Waals surface area contributed by atoms with E-state index >= 15 is 0 Å². The van der Waals surface area contributed by atoms with E-state index in [1.807, 2.05) is 24.3 Å². The van der Waals surface area contributed by atoms with Gasteiger partial charge in [0, 0.05) is 29.3 Å². The van der Waals surface area contributed by atoms with Gasteiger partial charge in [-0.1, -0.05) is 23.4 Å². The summed E-state index contributed by atoms with van der Waals surface area (Å²) in [6, 6.07) is 7.79. The molecule has 0 aliphatic carbocycles. The minimum absolute atomic E-state index is 0.0677. The van der Waals surface area contributed by atoms with Gasteiger partial charge < -0.3 is 15.7 Å². The van der Waals surface area contributed by atoms with Crippen LogP contribution in [0.5, 0.6) is 0 Å². The number of rotatable bonds is 5. The van der Waals surface area contributed by atoms with Crippen LogP contribution in [-0.2, 0) is 4.74 Å². The van der Waals surface area contributed by atoms with Crippen LogP contribution in [0, 0.1) is 0 Å². The molecule has 19 heavy (non-hydrogen) atoms. The smallest absolute Gasteiger partial charge is 0.172 e. The molecule has 1 heterocycles. The molecule has 0 aliphatic rings. The van der Waals surface area contributed by atoms with E-state index in [0.29, 0.717) is 12.2 Å². The first-order valence-corrected chi connectivity index (χ1v) is 6.74. The van der Waals surface area contributed by atoms with E-state index in [1.165, 1.54) is 0 Å². The number of fused-ring (bicyclic) bond motifs is 1. The van der Waals surface area contributed by atoms with E-state index in [1.54, 1.807) is 25.1 Å². The van der Waals surface area contributed by atoms with Crippen molar-refractivity contribution >= 4 is 28.5 Å². The molecule has 6 heteroatoms. The zero-order valence-electron chi connectivity index (χ0n) is 10.5. The van der Waals surface area contributed by atoms with E-state index in [4.69, 9.17) is 15.7 Å². The van der Waals surface area contributed by atoms with Crippen molar-refractivity contribution in [3.8, 4) is 0 Å². The molecule has 2 aromatic rings. The number of nitrogens with two attached hydrogens (primary N) is 1. The number of aromatic nitrogens is 1. The number of para-hydroxylation sites is 1. The number of hydrogen-bond donors (Lipinski definition) is 2. The fraction of sp³-hybridized carbons (Fsp3) is 0.231. The van der Waals surface area contributed by atoms with Gasteiger partial charge in [-0.25, -0.2) is 0 Å². The zero-order chi connectivity index (χ0) is 13.7. The molecule has 0 radical (unpaired) electrons. The number of oxime groups is 1. The van der Waals surface area contributed by atoms with Crippen LogP contribution in [0.15, 0.2) is 40.5 Å². The first kappa shape index (κ1) is 13.6. The summed E-state index contributed by atoms with van der Waals surface area (Å²) in [7, 11) is 1.66. The van der Waals surface area contributed by atoms with Crippen molar-refractivity contribution < 1.29 is 9.94 Å².